The van der Waals surface area contributed by atoms with Gasteiger partial charge < -0.3 is 14.2 Å². The van der Waals surface area contributed by atoms with Crippen molar-refractivity contribution in [2.75, 3.05) is 13.2 Å². The fourth-order valence-electron chi connectivity index (χ4n) is 9.23. The zero-order valence-electron chi connectivity index (χ0n) is 45.3. The lowest BCUT2D eigenvalue weighted by molar-refractivity contribution is -0.167. The van der Waals surface area contributed by atoms with Crippen LogP contribution in [0.25, 0.3) is 0 Å². The minimum atomic E-state index is -0.763. The Kier molecular flexibility index (Phi) is 51.5. The smallest absolute Gasteiger partial charge is 0.306 e. The second kappa shape index (κ2) is 52.8. The normalized spacial score (nSPS) is 12.0. The summed E-state index contributed by atoms with van der Waals surface area (Å²) >= 11 is 0. The van der Waals surface area contributed by atoms with E-state index in [1.54, 1.807) is 0 Å². The van der Waals surface area contributed by atoms with Gasteiger partial charge in [-0.15, -0.1) is 0 Å². The Morgan fingerprint density at radius 3 is 0.742 bits per heavy atom. The van der Waals surface area contributed by atoms with Crippen LogP contribution in [-0.4, -0.2) is 37.2 Å². The summed E-state index contributed by atoms with van der Waals surface area (Å²) in [5.74, 6) is 0.829. The van der Waals surface area contributed by atoms with E-state index in [2.05, 4.69) is 34.6 Å². The summed E-state index contributed by atoms with van der Waals surface area (Å²) in [4.78, 5) is 38.2. The first-order valence-electron chi connectivity index (χ1n) is 29.7. The van der Waals surface area contributed by atoms with Gasteiger partial charge in [-0.2, -0.15) is 0 Å². The molecule has 0 N–H and O–H groups in total. The quantitative estimate of drug-likeness (QED) is 0.0343. The van der Waals surface area contributed by atoms with Crippen LogP contribution in [0.5, 0.6) is 0 Å². The van der Waals surface area contributed by atoms with Crippen LogP contribution in [0.15, 0.2) is 0 Å². The molecule has 0 aliphatic carbocycles. The lowest BCUT2D eigenvalue weighted by Gasteiger charge is -2.18. The number of carbonyl (C=O) groups excluding carboxylic acids is 3. The summed E-state index contributed by atoms with van der Waals surface area (Å²) in [5.41, 5.74) is 0. The van der Waals surface area contributed by atoms with Crippen molar-refractivity contribution in [1.29, 1.82) is 0 Å². The highest BCUT2D eigenvalue weighted by atomic mass is 16.6. The third-order valence-electron chi connectivity index (χ3n) is 13.7. The van der Waals surface area contributed by atoms with E-state index >= 15 is 0 Å². The third kappa shape index (κ3) is 53.4. The largest absolute Gasteiger partial charge is 0.462 e. The number of hydrogen-bond donors (Lipinski definition) is 0. The van der Waals surface area contributed by atoms with Crippen molar-refractivity contribution in [3.05, 3.63) is 0 Å². The summed E-state index contributed by atoms with van der Waals surface area (Å²) in [5, 5.41) is 0. The number of esters is 3. The van der Waals surface area contributed by atoms with E-state index in [0.717, 1.165) is 69.6 Å². The lowest BCUT2D eigenvalue weighted by Crippen LogP contribution is -2.30. The predicted octanol–water partition coefficient (Wildman–Crippen LogP) is 19.7. The van der Waals surface area contributed by atoms with Crippen LogP contribution in [0.3, 0.4) is 0 Å². The number of ether oxygens (including phenoxy) is 3. The Labute approximate surface area is 412 Å². The van der Waals surface area contributed by atoms with Crippen LogP contribution in [-0.2, 0) is 28.6 Å². The highest BCUT2D eigenvalue weighted by Gasteiger charge is 2.19. The van der Waals surface area contributed by atoms with Crippen LogP contribution < -0.4 is 0 Å². The molecule has 6 heteroatoms. The lowest BCUT2D eigenvalue weighted by atomic mass is 10.0. The van der Waals surface area contributed by atoms with Gasteiger partial charge in [0.15, 0.2) is 6.10 Å². The molecule has 0 spiro atoms. The second-order valence-corrected chi connectivity index (χ2v) is 21.6. The summed E-state index contributed by atoms with van der Waals surface area (Å²) in [6.45, 7) is 11.4. The van der Waals surface area contributed by atoms with Crippen molar-refractivity contribution < 1.29 is 28.6 Å². The van der Waals surface area contributed by atoms with Crippen LogP contribution in [0.1, 0.15) is 336 Å². The second-order valence-electron chi connectivity index (χ2n) is 21.6. The average Bonchev–Trinajstić information content (AvgIpc) is 3.29. The molecule has 0 aromatic rings. The SMILES string of the molecule is CCCCCCCCCCCCCCCCCCCCC(=O)O[C@H](COC(=O)CCCCCCCCCCCCCCCC(C)C)COC(=O)CCCCCCCCCCCCCC(C)C. The zero-order chi connectivity index (χ0) is 48.2. The monoisotopic (exact) mass is 933 g/mol. The van der Waals surface area contributed by atoms with Gasteiger partial charge in [0, 0.05) is 19.3 Å². The van der Waals surface area contributed by atoms with Crippen LogP contribution in [0, 0.1) is 11.8 Å². The molecule has 0 aromatic heterocycles. The fraction of sp³-hybridized carbons (Fsp3) is 0.950. The molecule has 0 aromatic carbocycles. The minimum Gasteiger partial charge on any atom is -0.462 e. The number of hydrogen-bond acceptors (Lipinski definition) is 6. The van der Waals surface area contributed by atoms with Gasteiger partial charge in [-0.25, -0.2) is 0 Å². The van der Waals surface area contributed by atoms with E-state index < -0.39 is 6.10 Å². The Bertz CT molecular complexity index is 1010. The Morgan fingerprint density at radius 2 is 0.500 bits per heavy atom. The van der Waals surface area contributed by atoms with E-state index in [1.807, 2.05) is 0 Å². The molecule has 0 aliphatic heterocycles. The molecule has 0 saturated heterocycles. The third-order valence-corrected chi connectivity index (χ3v) is 13.7. The van der Waals surface area contributed by atoms with E-state index in [0.29, 0.717) is 19.3 Å². The van der Waals surface area contributed by atoms with Crippen molar-refractivity contribution in [2.45, 2.75) is 343 Å². The topological polar surface area (TPSA) is 78.9 Å². The first kappa shape index (κ1) is 64.4. The van der Waals surface area contributed by atoms with Gasteiger partial charge in [0.05, 0.1) is 0 Å². The highest BCUT2D eigenvalue weighted by Crippen LogP contribution is 2.18. The van der Waals surface area contributed by atoms with Crippen molar-refractivity contribution >= 4 is 17.9 Å². The first-order chi connectivity index (χ1) is 32.2. The number of unbranched alkanes of at least 4 members (excludes halogenated alkanes) is 39. The molecule has 392 valence electrons. The molecular weight excluding hydrogens is 817 g/mol. The van der Waals surface area contributed by atoms with Gasteiger partial charge in [-0.1, -0.05) is 298 Å². The van der Waals surface area contributed by atoms with E-state index in [-0.39, 0.29) is 31.1 Å². The summed E-state index contributed by atoms with van der Waals surface area (Å²) in [6.07, 6.45) is 56.7. The van der Waals surface area contributed by atoms with Crippen molar-refractivity contribution in [3.8, 4) is 0 Å². The molecule has 0 fully saturated rings. The van der Waals surface area contributed by atoms with Gasteiger partial charge in [0.1, 0.15) is 13.2 Å². The van der Waals surface area contributed by atoms with E-state index in [9.17, 15) is 14.4 Å². The molecule has 0 aliphatic rings. The molecule has 1 atom stereocenters. The molecule has 6 nitrogen and oxygen atoms in total. The van der Waals surface area contributed by atoms with Gasteiger partial charge in [0.2, 0.25) is 0 Å². The van der Waals surface area contributed by atoms with Crippen LogP contribution in [0.2, 0.25) is 0 Å². The maximum Gasteiger partial charge on any atom is 0.306 e. The predicted molar refractivity (Wildman–Crippen MR) is 284 cm³/mol. The standard InChI is InChI=1S/C60H116O6/c1-6-7-8-9-10-11-12-13-14-15-16-17-20-26-32-37-42-47-52-60(63)66-57(54-65-59(62)51-46-41-36-31-27-22-24-29-34-39-44-49-56(4)5)53-64-58(61)50-45-40-35-30-25-21-18-19-23-28-33-38-43-48-55(2)3/h55-57H,6-54H2,1-5H3/t57-/m1/s1. The van der Waals surface area contributed by atoms with E-state index in [1.165, 1.54) is 225 Å². The molecule has 0 bridgehead atoms. The van der Waals surface area contributed by atoms with Crippen molar-refractivity contribution in [1.82, 2.24) is 0 Å². The average molecular weight is 934 g/mol. The maximum absolute atomic E-state index is 12.9. The Balaban J connectivity index is 4.30. The van der Waals surface area contributed by atoms with Crippen LogP contribution in [0.4, 0.5) is 0 Å². The first-order valence-corrected chi connectivity index (χ1v) is 29.7. The van der Waals surface area contributed by atoms with Gasteiger partial charge >= 0.3 is 17.9 Å². The molecule has 0 radical (unpaired) electrons. The molecule has 66 heavy (non-hydrogen) atoms. The van der Waals surface area contributed by atoms with Crippen LogP contribution >= 0.6 is 0 Å². The van der Waals surface area contributed by atoms with Gasteiger partial charge in [0.25, 0.3) is 0 Å². The van der Waals surface area contributed by atoms with Gasteiger partial charge in [-0.3, -0.25) is 14.4 Å². The fourth-order valence-corrected chi connectivity index (χ4v) is 9.23. The molecule has 0 amide bonds. The summed E-state index contributed by atoms with van der Waals surface area (Å²) < 4.78 is 16.9. The molecular formula is C60H116O6. The van der Waals surface area contributed by atoms with Crippen molar-refractivity contribution in [2.24, 2.45) is 11.8 Å². The molecule has 0 heterocycles. The highest BCUT2D eigenvalue weighted by molar-refractivity contribution is 5.71. The summed E-state index contributed by atoms with van der Waals surface area (Å²) in [7, 11) is 0. The minimum absolute atomic E-state index is 0.0626. The molecule has 0 rings (SSSR count). The summed E-state index contributed by atoms with van der Waals surface area (Å²) in [6, 6.07) is 0. The molecule has 0 unspecified atom stereocenters. The van der Waals surface area contributed by atoms with Crippen molar-refractivity contribution in [3.63, 3.8) is 0 Å². The Morgan fingerprint density at radius 1 is 0.288 bits per heavy atom. The Hall–Kier alpha value is -1.59. The zero-order valence-corrected chi connectivity index (χ0v) is 45.3. The number of carbonyl (C=O) groups is 3. The van der Waals surface area contributed by atoms with E-state index in [4.69, 9.17) is 14.2 Å². The van der Waals surface area contributed by atoms with Gasteiger partial charge in [-0.05, 0) is 31.1 Å². The number of rotatable bonds is 54. The maximum atomic E-state index is 12.9. The molecule has 0 saturated carbocycles.